The van der Waals surface area contributed by atoms with E-state index in [1.165, 1.54) is 17.4 Å². The van der Waals surface area contributed by atoms with Gasteiger partial charge in [0.05, 0.1) is 0 Å². The van der Waals surface area contributed by atoms with Gasteiger partial charge < -0.3 is 5.73 Å². The van der Waals surface area contributed by atoms with E-state index in [4.69, 9.17) is 5.73 Å². The molecular weight excluding hydrogens is 211 g/mol. The average Bonchev–Trinajstić information content (AvgIpc) is 2.49. The van der Waals surface area contributed by atoms with Crippen LogP contribution in [-0.2, 0) is 6.42 Å². The molecule has 0 spiro atoms. The van der Waals surface area contributed by atoms with Crippen LogP contribution in [0.5, 0.6) is 0 Å². The minimum absolute atomic E-state index is 0.192. The standard InChI is InChI=1S/C11H11FN2S/c1-7-2-8(4-9(12)3-7)5-10-6-14-11(13)15-10/h2-4,6H,5H2,1H3,(H2,13,14). The van der Waals surface area contributed by atoms with E-state index in [2.05, 4.69) is 4.98 Å². The smallest absolute Gasteiger partial charge is 0.180 e. The van der Waals surface area contributed by atoms with Gasteiger partial charge in [0.2, 0.25) is 0 Å². The van der Waals surface area contributed by atoms with Crippen molar-refractivity contribution in [2.45, 2.75) is 13.3 Å². The Bertz CT molecular complexity index is 459. The number of aryl methyl sites for hydroxylation is 1. The zero-order chi connectivity index (χ0) is 10.8. The molecule has 0 bridgehead atoms. The molecule has 2 aromatic rings. The van der Waals surface area contributed by atoms with Crippen molar-refractivity contribution in [3.8, 4) is 0 Å². The number of anilines is 1. The average molecular weight is 222 g/mol. The van der Waals surface area contributed by atoms with Crippen LogP contribution in [0, 0.1) is 12.7 Å². The summed E-state index contributed by atoms with van der Waals surface area (Å²) in [4.78, 5) is 5.01. The number of nitrogens with two attached hydrogens (primary N) is 1. The molecule has 0 saturated heterocycles. The fraction of sp³-hybridized carbons (Fsp3) is 0.182. The Hall–Kier alpha value is -1.42. The van der Waals surface area contributed by atoms with Crippen LogP contribution in [0.15, 0.2) is 24.4 Å². The van der Waals surface area contributed by atoms with Crippen LogP contribution in [0.1, 0.15) is 16.0 Å². The Kier molecular flexibility index (Phi) is 2.68. The Labute approximate surface area is 91.6 Å². The van der Waals surface area contributed by atoms with Crippen molar-refractivity contribution in [2.24, 2.45) is 0 Å². The molecule has 2 rings (SSSR count). The van der Waals surface area contributed by atoms with Crippen molar-refractivity contribution in [2.75, 3.05) is 5.73 Å². The molecular formula is C11H11FN2S. The van der Waals surface area contributed by atoms with Crippen LogP contribution < -0.4 is 5.73 Å². The molecule has 1 aromatic heterocycles. The Morgan fingerprint density at radius 2 is 2.20 bits per heavy atom. The van der Waals surface area contributed by atoms with E-state index >= 15 is 0 Å². The summed E-state index contributed by atoms with van der Waals surface area (Å²) in [7, 11) is 0. The van der Waals surface area contributed by atoms with Crippen LogP contribution in [0.2, 0.25) is 0 Å². The second-order valence-electron chi connectivity index (χ2n) is 3.48. The maximum atomic E-state index is 13.1. The topological polar surface area (TPSA) is 38.9 Å². The highest BCUT2D eigenvalue weighted by Gasteiger charge is 2.02. The maximum absolute atomic E-state index is 13.1. The Morgan fingerprint density at radius 3 is 2.80 bits per heavy atom. The number of aromatic nitrogens is 1. The van der Waals surface area contributed by atoms with Crippen LogP contribution in [-0.4, -0.2) is 4.98 Å². The minimum atomic E-state index is -0.192. The van der Waals surface area contributed by atoms with Gasteiger partial charge in [0, 0.05) is 17.5 Å². The zero-order valence-electron chi connectivity index (χ0n) is 8.33. The molecule has 0 aliphatic carbocycles. The van der Waals surface area contributed by atoms with Crippen molar-refractivity contribution in [1.29, 1.82) is 0 Å². The largest absolute Gasteiger partial charge is 0.375 e. The first kappa shape index (κ1) is 10.1. The summed E-state index contributed by atoms with van der Waals surface area (Å²) in [6, 6.07) is 5.03. The third-order valence-electron chi connectivity index (χ3n) is 2.05. The highest BCUT2D eigenvalue weighted by Crippen LogP contribution is 2.19. The first-order valence-electron chi connectivity index (χ1n) is 4.60. The lowest BCUT2D eigenvalue weighted by Gasteiger charge is -2.00. The summed E-state index contributed by atoms with van der Waals surface area (Å²) in [5.74, 6) is -0.192. The summed E-state index contributed by atoms with van der Waals surface area (Å²) >= 11 is 1.44. The van der Waals surface area contributed by atoms with Crippen molar-refractivity contribution in [3.63, 3.8) is 0 Å². The molecule has 2 nitrogen and oxygen atoms in total. The number of hydrogen-bond donors (Lipinski definition) is 1. The van der Waals surface area contributed by atoms with Gasteiger partial charge in [-0.25, -0.2) is 9.37 Å². The van der Waals surface area contributed by atoms with Crippen molar-refractivity contribution in [1.82, 2.24) is 4.98 Å². The molecule has 0 fully saturated rings. The molecule has 4 heteroatoms. The number of benzene rings is 1. The van der Waals surface area contributed by atoms with Crippen molar-refractivity contribution in [3.05, 3.63) is 46.2 Å². The van der Waals surface area contributed by atoms with E-state index < -0.39 is 0 Å². The minimum Gasteiger partial charge on any atom is -0.375 e. The lowest BCUT2D eigenvalue weighted by molar-refractivity contribution is 0.625. The highest BCUT2D eigenvalue weighted by molar-refractivity contribution is 7.15. The molecule has 2 N–H and O–H groups in total. The number of thiazole rings is 1. The van der Waals surface area contributed by atoms with E-state index in [1.807, 2.05) is 13.0 Å². The molecule has 0 amide bonds. The maximum Gasteiger partial charge on any atom is 0.180 e. The van der Waals surface area contributed by atoms with Gasteiger partial charge in [-0.3, -0.25) is 0 Å². The highest BCUT2D eigenvalue weighted by atomic mass is 32.1. The van der Waals surface area contributed by atoms with Gasteiger partial charge in [-0.15, -0.1) is 11.3 Å². The van der Waals surface area contributed by atoms with Gasteiger partial charge in [-0.05, 0) is 30.2 Å². The molecule has 15 heavy (non-hydrogen) atoms. The van der Waals surface area contributed by atoms with E-state index in [9.17, 15) is 4.39 Å². The number of halogens is 1. The van der Waals surface area contributed by atoms with E-state index in [0.717, 1.165) is 16.0 Å². The van der Waals surface area contributed by atoms with Gasteiger partial charge in [0.25, 0.3) is 0 Å². The van der Waals surface area contributed by atoms with Gasteiger partial charge in [0.15, 0.2) is 5.13 Å². The monoisotopic (exact) mass is 222 g/mol. The molecule has 0 unspecified atom stereocenters. The summed E-state index contributed by atoms with van der Waals surface area (Å²) in [5, 5.41) is 0.554. The third kappa shape index (κ3) is 2.53. The summed E-state index contributed by atoms with van der Waals surface area (Å²) < 4.78 is 13.1. The van der Waals surface area contributed by atoms with Gasteiger partial charge >= 0.3 is 0 Å². The van der Waals surface area contributed by atoms with Gasteiger partial charge in [-0.1, -0.05) is 6.07 Å². The summed E-state index contributed by atoms with van der Waals surface area (Å²) in [6.07, 6.45) is 2.42. The van der Waals surface area contributed by atoms with Crippen molar-refractivity contribution >= 4 is 16.5 Å². The molecule has 0 saturated carbocycles. The van der Waals surface area contributed by atoms with Crippen LogP contribution in [0.25, 0.3) is 0 Å². The summed E-state index contributed by atoms with van der Waals surface area (Å²) in [5.41, 5.74) is 7.41. The number of rotatable bonds is 2. The van der Waals surface area contributed by atoms with Gasteiger partial charge in [-0.2, -0.15) is 0 Å². The Balaban J connectivity index is 2.24. The van der Waals surface area contributed by atoms with E-state index in [0.29, 0.717) is 11.6 Å². The molecule has 0 atom stereocenters. The van der Waals surface area contributed by atoms with Crippen LogP contribution >= 0.6 is 11.3 Å². The first-order valence-corrected chi connectivity index (χ1v) is 5.41. The molecule has 1 aromatic carbocycles. The van der Waals surface area contributed by atoms with Crippen molar-refractivity contribution < 1.29 is 4.39 Å². The second-order valence-corrected chi connectivity index (χ2v) is 4.63. The SMILES string of the molecule is Cc1cc(F)cc(Cc2cnc(N)s2)c1. The molecule has 0 aliphatic heterocycles. The number of nitrogen functional groups attached to an aromatic ring is 1. The molecule has 78 valence electrons. The molecule has 1 heterocycles. The van der Waals surface area contributed by atoms with Crippen LogP contribution in [0.4, 0.5) is 9.52 Å². The Morgan fingerprint density at radius 1 is 1.40 bits per heavy atom. The van der Waals surface area contributed by atoms with Crippen LogP contribution in [0.3, 0.4) is 0 Å². The predicted molar refractivity (Wildman–Crippen MR) is 60.5 cm³/mol. The second kappa shape index (κ2) is 3.98. The third-order valence-corrected chi connectivity index (χ3v) is 2.88. The lowest BCUT2D eigenvalue weighted by atomic mass is 10.1. The quantitative estimate of drug-likeness (QED) is 0.848. The molecule has 0 radical (unpaired) electrons. The summed E-state index contributed by atoms with van der Waals surface area (Å²) in [6.45, 7) is 1.88. The predicted octanol–water partition coefficient (Wildman–Crippen LogP) is 2.76. The number of hydrogen-bond acceptors (Lipinski definition) is 3. The van der Waals surface area contributed by atoms with Gasteiger partial charge in [0.1, 0.15) is 5.82 Å². The van der Waals surface area contributed by atoms with E-state index in [-0.39, 0.29) is 5.82 Å². The molecule has 0 aliphatic rings. The van der Waals surface area contributed by atoms with E-state index in [1.54, 1.807) is 12.3 Å². The lowest BCUT2D eigenvalue weighted by Crippen LogP contribution is -1.88. The fourth-order valence-corrected chi connectivity index (χ4v) is 2.24. The normalized spacial score (nSPS) is 10.5. The fourth-order valence-electron chi connectivity index (χ4n) is 1.52. The zero-order valence-corrected chi connectivity index (χ0v) is 9.14. The number of nitrogens with zero attached hydrogens (tertiary/aromatic N) is 1. The first-order chi connectivity index (χ1) is 7.13.